The number of unbranched alkanes of at least 4 members (excludes halogenated alkanes) is 1. The Morgan fingerprint density at radius 2 is 1.81 bits per heavy atom. The van der Waals surface area contributed by atoms with E-state index in [1.54, 1.807) is 4.90 Å². The number of hydrogen-bond donors (Lipinski definition) is 2. The van der Waals surface area contributed by atoms with Crippen LogP contribution in [0.2, 0.25) is 0 Å². The number of nitrogens with zero attached hydrogens (tertiary/aromatic N) is 1. The van der Waals surface area contributed by atoms with Gasteiger partial charge in [-0.05, 0) is 24.1 Å². The predicted molar refractivity (Wildman–Crippen MR) is 82.5 cm³/mol. The van der Waals surface area contributed by atoms with Crippen LogP contribution < -0.4 is 10.2 Å². The molecule has 0 atom stereocenters. The molecule has 0 fully saturated rings. The lowest BCUT2D eigenvalue weighted by Crippen LogP contribution is -2.30. The van der Waals surface area contributed by atoms with E-state index >= 15 is 0 Å². The molecule has 0 amide bonds. The average Bonchev–Trinajstić information content (AvgIpc) is 2.41. The van der Waals surface area contributed by atoms with Crippen LogP contribution in [-0.4, -0.2) is 30.8 Å². The first-order valence-corrected chi connectivity index (χ1v) is 7.56. The van der Waals surface area contributed by atoms with Gasteiger partial charge in [0.05, 0.1) is 6.61 Å². The van der Waals surface area contributed by atoms with Gasteiger partial charge in [-0.3, -0.25) is 0 Å². The molecular weight excluding hydrogens is 274 g/mol. The normalized spacial score (nSPS) is 11.2. The van der Waals surface area contributed by atoms with Crippen LogP contribution in [0.3, 0.4) is 0 Å². The Labute approximate surface area is 126 Å². The largest absolute Gasteiger partial charge is 0.395 e. The summed E-state index contributed by atoms with van der Waals surface area (Å²) in [6.45, 7) is 7.06. The van der Waals surface area contributed by atoms with E-state index in [2.05, 4.69) is 5.32 Å². The Morgan fingerprint density at radius 3 is 2.29 bits per heavy atom. The Morgan fingerprint density at radius 1 is 1.19 bits per heavy atom. The van der Waals surface area contributed by atoms with Crippen molar-refractivity contribution in [3.63, 3.8) is 0 Å². The molecule has 21 heavy (non-hydrogen) atoms. The summed E-state index contributed by atoms with van der Waals surface area (Å²) in [5.41, 5.74) is 0.549. The van der Waals surface area contributed by atoms with Gasteiger partial charge in [-0.1, -0.05) is 27.2 Å². The molecule has 0 aliphatic carbocycles. The second-order valence-corrected chi connectivity index (χ2v) is 5.51. The van der Waals surface area contributed by atoms with E-state index in [0.717, 1.165) is 12.8 Å². The summed E-state index contributed by atoms with van der Waals surface area (Å²) >= 11 is 0. The molecule has 0 saturated carbocycles. The molecule has 0 unspecified atom stereocenters. The zero-order chi connectivity index (χ0) is 15.8. The van der Waals surface area contributed by atoms with E-state index in [1.807, 2.05) is 20.8 Å². The maximum Gasteiger partial charge on any atom is 0.149 e. The van der Waals surface area contributed by atoms with E-state index in [4.69, 9.17) is 5.11 Å². The molecule has 1 aromatic rings. The Balaban J connectivity index is 2.95. The van der Waals surface area contributed by atoms with E-state index < -0.39 is 11.6 Å². The third kappa shape index (κ3) is 5.59. The first kappa shape index (κ1) is 17.9. The number of aliphatic hydroxyl groups excluding tert-OH is 1. The lowest BCUT2D eigenvalue weighted by atomic mass is 10.1. The number of benzene rings is 1. The molecule has 1 aromatic carbocycles. The Bertz CT molecular complexity index is 415. The van der Waals surface area contributed by atoms with E-state index in [0.29, 0.717) is 18.7 Å². The lowest BCUT2D eigenvalue weighted by molar-refractivity contribution is 0.300. The van der Waals surface area contributed by atoms with Crippen molar-refractivity contribution in [2.24, 2.45) is 0 Å². The Kier molecular flexibility index (Phi) is 7.61. The molecule has 0 spiro atoms. The fourth-order valence-electron chi connectivity index (χ4n) is 2.15. The summed E-state index contributed by atoms with van der Waals surface area (Å²) in [6, 6.07) is 2.99. The lowest BCUT2D eigenvalue weighted by Gasteiger charge is -2.25. The molecule has 0 aliphatic heterocycles. The molecule has 1 rings (SSSR count). The van der Waals surface area contributed by atoms with Gasteiger partial charge in [0, 0.05) is 25.7 Å². The first-order valence-electron chi connectivity index (χ1n) is 7.56. The van der Waals surface area contributed by atoms with Gasteiger partial charge in [0.15, 0.2) is 0 Å². The molecule has 5 heteroatoms. The highest BCUT2D eigenvalue weighted by Gasteiger charge is 2.17. The molecule has 0 radical (unpaired) electrons. The van der Waals surface area contributed by atoms with Crippen molar-refractivity contribution in [2.45, 2.75) is 46.2 Å². The topological polar surface area (TPSA) is 35.5 Å². The zero-order valence-electron chi connectivity index (χ0n) is 13.1. The standard InChI is InChI=1S/C16H26F2N2O/c1-4-5-6-20(7-8-21)16-14(17)9-13(10-15(16)18)11-19-12(2)3/h9-10,12,19,21H,4-8,11H2,1-3H3. The third-order valence-corrected chi connectivity index (χ3v) is 3.26. The third-order valence-electron chi connectivity index (χ3n) is 3.26. The maximum absolute atomic E-state index is 14.2. The van der Waals surface area contributed by atoms with Gasteiger partial charge in [0.25, 0.3) is 0 Å². The molecule has 0 aliphatic rings. The number of halogens is 2. The number of aliphatic hydroxyl groups is 1. The smallest absolute Gasteiger partial charge is 0.149 e. The van der Waals surface area contributed by atoms with Crippen LogP contribution in [0.15, 0.2) is 12.1 Å². The van der Waals surface area contributed by atoms with Gasteiger partial charge in [-0.15, -0.1) is 0 Å². The van der Waals surface area contributed by atoms with Crippen LogP contribution in [0.1, 0.15) is 39.2 Å². The van der Waals surface area contributed by atoms with Crippen molar-refractivity contribution in [1.82, 2.24) is 5.32 Å². The predicted octanol–water partition coefficient (Wildman–Crippen LogP) is 3.06. The van der Waals surface area contributed by atoms with E-state index in [9.17, 15) is 8.78 Å². The fraction of sp³-hybridized carbons (Fsp3) is 0.625. The van der Waals surface area contributed by atoms with Crippen LogP contribution in [-0.2, 0) is 6.54 Å². The summed E-state index contributed by atoms with van der Waals surface area (Å²) in [5, 5.41) is 12.2. The minimum absolute atomic E-state index is 0.0363. The van der Waals surface area contributed by atoms with E-state index in [-0.39, 0.29) is 24.9 Å². The highest BCUT2D eigenvalue weighted by molar-refractivity contribution is 5.50. The molecule has 0 heterocycles. The summed E-state index contributed by atoms with van der Waals surface area (Å²) < 4.78 is 28.5. The minimum Gasteiger partial charge on any atom is -0.395 e. The molecule has 3 nitrogen and oxygen atoms in total. The van der Waals surface area contributed by atoms with Gasteiger partial charge in [0.1, 0.15) is 17.3 Å². The van der Waals surface area contributed by atoms with Gasteiger partial charge in [-0.2, -0.15) is 0 Å². The van der Waals surface area contributed by atoms with Crippen LogP contribution >= 0.6 is 0 Å². The molecule has 0 saturated heterocycles. The van der Waals surface area contributed by atoms with Crippen LogP contribution in [0.4, 0.5) is 14.5 Å². The van der Waals surface area contributed by atoms with Gasteiger partial charge >= 0.3 is 0 Å². The van der Waals surface area contributed by atoms with Gasteiger partial charge in [-0.25, -0.2) is 8.78 Å². The van der Waals surface area contributed by atoms with Crippen molar-refractivity contribution < 1.29 is 13.9 Å². The van der Waals surface area contributed by atoms with Gasteiger partial charge < -0.3 is 15.3 Å². The highest BCUT2D eigenvalue weighted by Crippen LogP contribution is 2.25. The zero-order valence-corrected chi connectivity index (χ0v) is 13.1. The van der Waals surface area contributed by atoms with Gasteiger partial charge in [0.2, 0.25) is 0 Å². The van der Waals surface area contributed by atoms with Crippen molar-refractivity contribution in [3.8, 4) is 0 Å². The number of rotatable bonds is 9. The SMILES string of the molecule is CCCCN(CCO)c1c(F)cc(CNC(C)C)cc1F. The first-order chi connectivity index (χ1) is 9.99. The van der Waals surface area contributed by atoms with E-state index in [1.165, 1.54) is 12.1 Å². The Hall–Kier alpha value is -1.20. The summed E-state index contributed by atoms with van der Waals surface area (Å²) in [4.78, 5) is 1.58. The second kappa shape index (κ2) is 8.95. The highest BCUT2D eigenvalue weighted by atomic mass is 19.1. The fourth-order valence-corrected chi connectivity index (χ4v) is 2.15. The second-order valence-electron chi connectivity index (χ2n) is 5.51. The number of anilines is 1. The van der Waals surface area contributed by atoms with Crippen LogP contribution in [0.25, 0.3) is 0 Å². The average molecular weight is 300 g/mol. The number of nitrogens with one attached hydrogen (secondary N) is 1. The monoisotopic (exact) mass is 300 g/mol. The van der Waals surface area contributed by atoms with Crippen molar-refractivity contribution in [1.29, 1.82) is 0 Å². The number of hydrogen-bond acceptors (Lipinski definition) is 3. The summed E-state index contributed by atoms with van der Waals surface area (Å²) in [7, 11) is 0. The molecule has 120 valence electrons. The van der Waals surface area contributed by atoms with Crippen LogP contribution in [0, 0.1) is 11.6 Å². The van der Waals surface area contributed by atoms with Crippen molar-refractivity contribution >= 4 is 5.69 Å². The van der Waals surface area contributed by atoms with Crippen molar-refractivity contribution in [2.75, 3.05) is 24.6 Å². The minimum atomic E-state index is -0.569. The maximum atomic E-state index is 14.2. The summed E-state index contributed by atoms with van der Waals surface area (Å²) in [6.07, 6.45) is 1.76. The molecule has 0 bridgehead atoms. The summed E-state index contributed by atoms with van der Waals surface area (Å²) in [5.74, 6) is -1.14. The van der Waals surface area contributed by atoms with Crippen molar-refractivity contribution in [3.05, 3.63) is 29.3 Å². The molecule has 2 N–H and O–H groups in total. The van der Waals surface area contributed by atoms with Crippen LogP contribution in [0.5, 0.6) is 0 Å². The molecule has 0 aromatic heterocycles. The molecular formula is C16H26F2N2O. The quantitative estimate of drug-likeness (QED) is 0.736.